The van der Waals surface area contributed by atoms with Gasteiger partial charge in [-0.3, -0.25) is 38.4 Å². The van der Waals surface area contributed by atoms with Crippen molar-refractivity contribution in [2.75, 3.05) is 13.1 Å². The quantitative estimate of drug-likeness (QED) is 0.0557. The Morgan fingerprint density at radius 3 is 1.59 bits per heavy atom. The molecule has 3 rings (SSSR count). The number of carbonyl (C=O) groups excluding carboxylic acids is 8. The van der Waals surface area contributed by atoms with Crippen molar-refractivity contribution in [1.29, 1.82) is 0 Å². The summed E-state index contributed by atoms with van der Waals surface area (Å²) in [6.07, 6.45) is 1.86. The van der Waals surface area contributed by atoms with Crippen LogP contribution in [0, 0.1) is 11.8 Å². The van der Waals surface area contributed by atoms with Crippen molar-refractivity contribution in [2.24, 2.45) is 17.6 Å². The molecule has 8 amide bonds. The maximum atomic E-state index is 14.0. The molecule has 0 bridgehead atoms. The van der Waals surface area contributed by atoms with Crippen LogP contribution < -0.4 is 43.0 Å². The Morgan fingerprint density at radius 1 is 0.556 bits per heavy atom. The first-order valence-electron chi connectivity index (χ1n) is 20.3. The van der Waals surface area contributed by atoms with Crippen LogP contribution in [0.5, 0.6) is 0 Å². The second-order valence-corrected chi connectivity index (χ2v) is 15.4. The molecule has 18 heteroatoms. The smallest absolute Gasteiger partial charge is 0.326 e. The molecule has 0 aromatic heterocycles. The molecule has 5 atom stereocenters. The van der Waals surface area contributed by atoms with Gasteiger partial charge in [0.2, 0.25) is 47.3 Å². The second kappa shape index (κ2) is 25.4. The van der Waals surface area contributed by atoms with Crippen LogP contribution in [0.4, 0.5) is 0 Å². The van der Waals surface area contributed by atoms with E-state index in [1.54, 1.807) is 105 Å². The summed E-state index contributed by atoms with van der Waals surface area (Å²) in [6.45, 7) is 5.97. The fourth-order valence-corrected chi connectivity index (χ4v) is 6.16. The highest BCUT2D eigenvalue weighted by Crippen LogP contribution is 2.16. The van der Waals surface area contributed by atoms with E-state index in [1.807, 2.05) is 13.8 Å². The molecule has 18 nitrogen and oxygen atoms in total. The topological polar surface area (TPSA) is 284 Å². The van der Waals surface area contributed by atoms with E-state index in [1.165, 1.54) is 0 Å². The number of nitrogens with two attached hydrogens (primary N) is 1. The van der Waals surface area contributed by atoms with Gasteiger partial charge in [0.05, 0.1) is 13.1 Å². The molecule has 0 aliphatic rings. The van der Waals surface area contributed by atoms with Crippen molar-refractivity contribution in [2.45, 2.75) is 77.2 Å². The number of aliphatic carboxylic acids is 1. The molecule has 0 radical (unpaired) electrons. The maximum Gasteiger partial charge on any atom is 0.326 e. The molecular weight excluding hydrogens is 813 g/mol. The van der Waals surface area contributed by atoms with Crippen molar-refractivity contribution in [3.05, 3.63) is 120 Å². The molecule has 0 aliphatic heterocycles. The van der Waals surface area contributed by atoms with Crippen LogP contribution in [0.2, 0.25) is 0 Å². The fraction of sp³-hybridized carbons (Fsp3) is 0.356. The minimum absolute atomic E-state index is 0.0238. The monoisotopic (exact) mass is 868 g/mol. The summed E-state index contributed by atoms with van der Waals surface area (Å²) < 4.78 is 0. The van der Waals surface area contributed by atoms with Gasteiger partial charge in [0, 0.05) is 25.0 Å². The third-order valence-corrected chi connectivity index (χ3v) is 9.38. The van der Waals surface area contributed by atoms with Crippen LogP contribution in [0.1, 0.15) is 56.8 Å². The zero-order chi connectivity index (χ0) is 46.5. The van der Waals surface area contributed by atoms with E-state index < -0.39 is 96.5 Å². The molecule has 63 heavy (non-hydrogen) atoms. The minimum atomic E-state index is -1.35. The summed E-state index contributed by atoms with van der Waals surface area (Å²) in [5, 5.41) is 27.0. The lowest BCUT2D eigenvalue weighted by atomic mass is 9.99. The number of carboxylic acid groups (broad SMARTS) is 1. The number of amides is 8. The SMILES string of the molecule is CC(C)C[C@H](NC(=O)[C@@H](NC(=O)[C@H](Cc1ccccc1)NC(=O)/C=C/C(=O)NCC(=O)NCC(=O)N[C@@H](Cc1ccccc1)C(=O)O)c1ccccc1)C(=O)N[C@H](C(N)=O)C(C)C. The van der Waals surface area contributed by atoms with Gasteiger partial charge in [-0.1, -0.05) is 119 Å². The highest BCUT2D eigenvalue weighted by Gasteiger charge is 2.33. The van der Waals surface area contributed by atoms with Crippen LogP contribution in [0.3, 0.4) is 0 Å². The Balaban J connectivity index is 1.67. The number of carbonyl (C=O) groups is 9. The molecule has 3 aromatic rings. The van der Waals surface area contributed by atoms with Crippen LogP contribution >= 0.6 is 0 Å². The van der Waals surface area contributed by atoms with Gasteiger partial charge in [-0.25, -0.2) is 4.79 Å². The van der Waals surface area contributed by atoms with E-state index in [4.69, 9.17) is 5.73 Å². The van der Waals surface area contributed by atoms with E-state index in [0.29, 0.717) is 16.7 Å². The molecule has 0 saturated heterocycles. The predicted molar refractivity (Wildman–Crippen MR) is 232 cm³/mol. The summed E-state index contributed by atoms with van der Waals surface area (Å²) in [6, 6.07) is 19.6. The predicted octanol–water partition coefficient (Wildman–Crippen LogP) is 0.329. The molecule has 10 N–H and O–H groups in total. The molecule has 3 aromatic carbocycles. The van der Waals surface area contributed by atoms with Gasteiger partial charge in [-0.15, -0.1) is 0 Å². The van der Waals surface area contributed by atoms with Gasteiger partial charge < -0.3 is 48.1 Å². The number of primary amides is 1. The third kappa shape index (κ3) is 18.0. The third-order valence-electron chi connectivity index (χ3n) is 9.38. The summed E-state index contributed by atoms with van der Waals surface area (Å²) in [5.41, 5.74) is 7.21. The van der Waals surface area contributed by atoms with E-state index >= 15 is 0 Å². The van der Waals surface area contributed by atoms with Gasteiger partial charge in [-0.2, -0.15) is 0 Å². The molecule has 0 unspecified atom stereocenters. The van der Waals surface area contributed by atoms with Crippen LogP contribution in [-0.2, 0) is 56.0 Å². The number of hydrogen-bond acceptors (Lipinski definition) is 9. The molecule has 0 fully saturated rings. The first-order chi connectivity index (χ1) is 29.9. The van der Waals surface area contributed by atoms with Gasteiger partial charge >= 0.3 is 5.97 Å². The number of benzene rings is 3. The first kappa shape index (κ1) is 50.0. The fourth-order valence-electron chi connectivity index (χ4n) is 6.16. The summed E-state index contributed by atoms with van der Waals surface area (Å²) >= 11 is 0. The molecule has 0 saturated carbocycles. The molecular formula is C45H56N8O10. The minimum Gasteiger partial charge on any atom is -0.480 e. The standard InChI is InChI=1S/C45H56N8O10/c1-27(2)22-32(42(59)52-39(28(3)4)41(46)58)51-44(61)40(31-18-12-7-13-19-31)53-43(60)33(23-29-14-8-5-9-15-29)49-36(55)21-20-35(54)47-25-37(56)48-26-38(57)50-34(45(62)63)24-30-16-10-6-11-17-30/h5-21,27-28,32-34,39-40H,22-26H2,1-4H3,(H2,46,58)(H,47,54)(H,48,56)(H,49,55)(H,50,57)(H,51,61)(H,52,59)(H,53,60)(H,62,63)/b21-20+/t32-,33-,34-,39-,40-/m0/s1. The Hall–Kier alpha value is -7.37. The van der Waals surface area contributed by atoms with E-state index in [9.17, 15) is 48.3 Å². The Morgan fingerprint density at radius 2 is 1.06 bits per heavy atom. The molecule has 336 valence electrons. The summed E-state index contributed by atoms with van der Waals surface area (Å²) in [7, 11) is 0. The Kier molecular flexibility index (Phi) is 20.2. The van der Waals surface area contributed by atoms with Gasteiger partial charge in [0.15, 0.2) is 0 Å². The second-order valence-electron chi connectivity index (χ2n) is 15.4. The summed E-state index contributed by atoms with van der Waals surface area (Å²) in [5.74, 6) is -7.81. The van der Waals surface area contributed by atoms with Crippen LogP contribution in [-0.4, -0.2) is 95.6 Å². The van der Waals surface area contributed by atoms with Crippen LogP contribution in [0.25, 0.3) is 0 Å². The van der Waals surface area contributed by atoms with E-state index in [2.05, 4.69) is 37.2 Å². The zero-order valence-corrected chi connectivity index (χ0v) is 35.6. The van der Waals surface area contributed by atoms with Crippen molar-refractivity contribution in [3.63, 3.8) is 0 Å². The molecule has 0 aliphatic carbocycles. The average Bonchev–Trinajstić information content (AvgIpc) is 3.24. The average molecular weight is 869 g/mol. The zero-order valence-electron chi connectivity index (χ0n) is 35.6. The number of hydrogen-bond donors (Lipinski definition) is 9. The van der Waals surface area contributed by atoms with Crippen LogP contribution in [0.15, 0.2) is 103 Å². The Labute approximate surface area is 365 Å². The number of nitrogens with one attached hydrogen (secondary N) is 7. The summed E-state index contributed by atoms with van der Waals surface area (Å²) in [4.78, 5) is 116. The number of carboxylic acids is 1. The van der Waals surface area contributed by atoms with E-state index in [0.717, 1.165) is 12.2 Å². The normalized spacial score (nSPS) is 13.4. The van der Waals surface area contributed by atoms with Crippen molar-refractivity contribution in [1.82, 2.24) is 37.2 Å². The largest absolute Gasteiger partial charge is 0.480 e. The van der Waals surface area contributed by atoms with Crippen molar-refractivity contribution in [3.8, 4) is 0 Å². The van der Waals surface area contributed by atoms with Gasteiger partial charge in [0.1, 0.15) is 30.2 Å². The number of rotatable bonds is 24. The van der Waals surface area contributed by atoms with E-state index in [-0.39, 0.29) is 31.1 Å². The lowest BCUT2D eigenvalue weighted by molar-refractivity contribution is -0.141. The molecule has 0 heterocycles. The highest BCUT2D eigenvalue weighted by molar-refractivity contribution is 6.00. The van der Waals surface area contributed by atoms with Gasteiger partial charge in [-0.05, 0) is 34.9 Å². The lowest BCUT2D eigenvalue weighted by Gasteiger charge is -2.27. The van der Waals surface area contributed by atoms with Crippen molar-refractivity contribution < 1.29 is 48.3 Å². The highest BCUT2D eigenvalue weighted by atomic mass is 16.4. The first-order valence-corrected chi connectivity index (χ1v) is 20.3. The molecule has 0 spiro atoms. The Bertz CT molecular complexity index is 2080. The van der Waals surface area contributed by atoms with Crippen molar-refractivity contribution >= 4 is 53.2 Å². The lowest BCUT2D eigenvalue weighted by Crippen LogP contribution is -2.57. The maximum absolute atomic E-state index is 14.0. The van der Waals surface area contributed by atoms with Gasteiger partial charge in [0.25, 0.3) is 0 Å².